The van der Waals surface area contributed by atoms with Gasteiger partial charge in [-0.05, 0) is 44.0 Å². The lowest BCUT2D eigenvalue weighted by atomic mass is 10.2. The lowest BCUT2D eigenvalue weighted by Crippen LogP contribution is -2.19. The molecule has 20 heavy (non-hydrogen) atoms. The first-order chi connectivity index (χ1) is 9.49. The van der Waals surface area contributed by atoms with Gasteiger partial charge in [0, 0.05) is 22.8 Å². The summed E-state index contributed by atoms with van der Waals surface area (Å²) >= 11 is 6.19. The predicted octanol–water partition coefficient (Wildman–Crippen LogP) is 3.89. The van der Waals surface area contributed by atoms with E-state index in [9.17, 15) is 0 Å². The lowest BCUT2D eigenvalue weighted by molar-refractivity contribution is 0.551. The third-order valence-electron chi connectivity index (χ3n) is 3.38. The van der Waals surface area contributed by atoms with Gasteiger partial charge in [-0.25, -0.2) is 4.68 Å². The summed E-state index contributed by atoms with van der Waals surface area (Å²) in [4.78, 5) is 0. The molecule has 0 saturated heterocycles. The lowest BCUT2D eigenvalue weighted by Gasteiger charge is -2.09. The summed E-state index contributed by atoms with van der Waals surface area (Å²) in [6.07, 6.45) is 1.93. The Bertz CT molecular complexity index is 587. The number of aromatic nitrogens is 2. The Labute approximate surface area is 126 Å². The Hall–Kier alpha value is -1.32. The molecule has 2 rings (SSSR count). The molecule has 0 aliphatic rings. The first-order valence-electron chi connectivity index (χ1n) is 6.99. The molecule has 0 amide bonds. The van der Waals surface area contributed by atoms with Crippen LogP contribution in [0.2, 0.25) is 5.02 Å². The second-order valence-electron chi connectivity index (χ2n) is 5.63. The molecule has 108 valence electrons. The molecule has 1 heterocycles. The maximum atomic E-state index is 6.19. The zero-order valence-electron chi connectivity index (χ0n) is 12.6. The van der Waals surface area contributed by atoms with Gasteiger partial charge in [0.25, 0.3) is 0 Å². The molecule has 0 aliphatic heterocycles. The van der Waals surface area contributed by atoms with E-state index in [0.717, 1.165) is 35.1 Å². The standard InChI is InChI=1S/C16H22ClN3/c1-11(2)8-18-9-14-10-19-20(13(14)4)15-6-5-12(3)16(17)7-15/h5-7,10-11,18H,8-9H2,1-4H3. The zero-order chi connectivity index (χ0) is 14.7. The number of hydrogen-bond donors (Lipinski definition) is 1. The highest BCUT2D eigenvalue weighted by molar-refractivity contribution is 6.31. The van der Waals surface area contributed by atoms with Gasteiger partial charge in [0.05, 0.1) is 11.9 Å². The van der Waals surface area contributed by atoms with Crippen molar-refractivity contribution < 1.29 is 0 Å². The largest absolute Gasteiger partial charge is 0.312 e. The van der Waals surface area contributed by atoms with Gasteiger partial charge in [0.2, 0.25) is 0 Å². The Morgan fingerprint density at radius 2 is 2.05 bits per heavy atom. The Morgan fingerprint density at radius 3 is 2.70 bits per heavy atom. The van der Waals surface area contributed by atoms with Crippen LogP contribution in [0.25, 0.3) is 5.69 Å². The van der Waals surface area contributed by atoms with Crippen LogP contribution in [0.1, 0.15) is 30.7 Å². The first kappa shape index (κ1) is 15.1. The van der Waals surface area contributed by atoms with Crippen LogP contribution in [0, 0.1) is 19.8 Å². The highest BCUT2D eigenvalue weighted by Gasteiger charge is 2.09. The van der Waals surface area contributed by atoms with E-state index in [2.05, 4.69) is 31.2 Å². The third-order valence-corrected chi connectivity index (χ3v) is 3.79. The summed E-state index contributed by atoms with van der Waals surface area (Å²) in [7, 11) is 0. The number of nitrogens with zero attached hydrogens (tertiary/aromatic N) is 2. The van der Waals surface area contributed by atoms with Gasteiger partial charge in [-0.2, -0.15) is 5.10 Å². The van der Waals surface area contributed by atoms with E-state index in [1.807, 2.05) is 36.0 Å². The highest BCUT2D eigenvalue weighted by Crippen LogP contribution is 2.21. The van der Waals surface area contributed by atoms with Crippen LogP contribution >= 0.6 is 11.6 Å². The van der Waals surface area contributed by atoms with Crippen molar-refractivity contribution in [3.63, 3.8) is 0 Å². The molecule has 0 saturated carbocycles. The molecule has 3 nitrogen and oxygen atoms in total. The molecule has 0 bridgehead atoms. The summed E-state index contributed by atoms with van der Waals surface area (Å²) in [5.74, 6) is 0.654. The minimum atomic E-state index is 0.654. The van der Waals surface area contributed by atoms with Crippen molar-refractivity contribution in [3.8, 4) is 5.69 Å². The topological polar surface area (TPSA) is 29.9 Å². The summed E-state index contributed by atoms with van der Waals surface area (Å²) in [6, 6.07) is 6.03. The monoisotopic (exact) mass is 291 g/mol. The van der Waals surface area contributed by atoms with Gasteiger partial charge in [-0.3, -0.25) is 0 Å². The van der Waals surface area contributed by atoms with Crippen LogP contribution in [-0.2, 0) is 6.54 Å². The van der Waals surface area contributed by atoms with E-state index < -0.39 is 0 Å². The SMILES string of the molecule is Cc1ccc(-n2ncc(CNCC(C)C)c2C)cc1Cl. The highest BCUT2D eigenvalue weighted by atomic mass is 35.5. The molecule has 0 radical (unpaired) electrons. The van der Waals surface area contributed by atoms with Gasteiger partial charge < -0.3 is 5.32 Å². The fourth-order valence-electron chi connectivity index (χ4n) is 2.09. The Balaban J connectivity index is 2.17. The summed E-state index contributed by atoms with van der Waals surface area (Å²) in [5.41, 5.74) is 4.47. The van der Waals surface area contributed by atoms with E-state index in [0.29, 0.717) is 5.92 Å². The van der Waals surface area contributed by atoms with Crippen LogP contribution in [-0.4, -0.2) is 16.3 Å². The van der Waals surface area contributed by atoms with Crippen molar-refractivity contribution in [2.75, 3.05) is 6.54 Å². The van der Waals surface area contributed by atoms with E-state index in [1.165, 1.54) is 5.56 Å². The van der Waals surface area contributed by atoms with E-state index >= 15 is 0 Å². The van der Waals surface area contributed by atoms with E-state index in [1.54, 1.807) is 0 Å². The molecule has 0 atom stereocenters. The normalized spacial score (nSPS) is 11.3. The predicted molar refractivity (Wildman–Crippen MR) is 84.6 cm³/mol. The van der Waals surface area contributed by atoms with Crippen LogP contribution in [0.3, 0.4) is 0 Å². The van der Waals surface area contributed by atoms with Crippen molar-refractivity contribution in [2.45, 2.75) is 34.2 Å². The molecule has 1 N–H and O–H groups in total. The fourth-order valence-corrected chi connectivity index (χ4v) is 2.26. The van der Waals surface area contributed by atoms with Crippen molar-refractivity contribution in [1.82, 2.24) is 15.1 Å². The van der Waals surface area contributed by atoms with Crippen molar-refractivity contribution in [3.05, 3.63) is 46.2 Å². The molecular formula is C16H22ClN3. The quantitative estimate of drug-likeness (QED) is 0.906. The number of benzene rings is 1. The van der Waals surface area contributed by atoms with E-state index in [4.69, 9.17) is 11.6 Å². The van der Waals surface area contributed by atoms with Crippen LogP contribution < -0.4 is 5.32 Å². The van der Waals surface area contributed by atoms with Crippen LogP contribution in [0.5, 0.6) is 0 Å². The molecule has 0 aliphatic carbocycles. The molecule has 0 spiro atoms. The average Bonchev–Trinajstić information content (AvgIpc) is 2.74. The number of aryl methyl sites for hydroxylation is 1. The first-order valence-corrected chi connectivity index (χ1v) is 7.37. The number of rotatable bonds is 5. The number of nitrogens with one attached hydrogen (secondary N) is 1. The molecular weight excluding hydrogens is 270 g/mol. The summed E-state index contributed by atoms with van der Waals surface area (Å²) in [6.45, 7) is 10.4. The Morgan fingerprint density at radius 1 is 1.30 bits per heavy atom. The van der Waals surface area contributed by atoms with Crippen LogP contribution in [0.4, 0.5) is 0 Å². The van der Waals surface area contributed by atoms with Gasteiger partial charge in [-0.1, -0.05) is 31.5 Å². The fraction of sp³-hybridized carbons (Fsp3) is 0.438. The molecule has 1 aromatic heterocycles. The van der Waals surface area contributed by atoms with Crippen molar-refractivity contribution >= 4 is 11.6 Å². The minimum absolute atomic E-state index is 0.654. The van der Waals surface area contributed by atoms with E-state index in [-0.39, 0.29) is 0 Å². The maximum Gasteiger partial charge on any atom is 0.0663 e. The van der Waals surface area contributed by atoms with Crippen molar-refractivity contribution in [1.29, 1.82) is 0 Å². The molecule has 0 unspecified atom stereocenters. The molecule has 0 fully saturated rings. The van der Waals surface area contributed by atoms with Gasteiger partial charge in [-0.15, -0.1) is 0 Å². The number of hydrogen-bond acceptors (Lipinski definition) is 2. The molecule has 1 aromatic carbocycles. The summed E-state index contributed by atoms with van der Waals surface area (Å²) < 4.78 is 1.94. The second-order valence-corrected chi connectivity index (χ2v) is 6.03. The second kappa shape index (κ2) is 6.42. The van der Waals surface area contributed by atoms with Crippen LogP contribution in [0.15, 0.2) is 24.4 Å². The number of halogens is 1. The van der Waals surface area contributed by atoms with Crippen molar-refractivity contribution in [2.24, 2.45) is 5.92 Å². The molecule has 2 aromatic rings. The average molecular weight is 292 g/mol. The van der Waals surface area contributed by atoms with Gasteiger partial charge in [0.1, 0.15) is 0 Å². The molecule has 4 heteroatoms. The maximum absolute atomic E-state index is 6.19. The third kappa shape index (κ3) is 3.41. The van der Waals surface area contributed by atoms with Gasteiger partial charge >= 0.3 is 0 Å². The van der Waals surface area contributed by atoms with Gasteiger partial charge in [0.15, 0.2) is 0 Å². The zero-order valence-corrected chi connectivity index (χ0v) is 13.3. The summed E-state index contributed by atoms with van der Waals surface area (Å²) in [5, 5.41) is 8.70. The Kier molecular flexibility index (Phi) is 4.84. The smallest absolute Gasteiger partial charge is 0.0663 e. The minimum Gasteiger partial charge on any atom is -0.312 e.